The van der Waals surface area contributed by atoms with Crippen LogP contribution in [0.4, 0.5) is 4.39 Å². The van der Waals surface area contributed by atoms with E-state index in [0.29, 0.717) is 6.42 Å². The summed E-state index contributed by atoms with van der Waals surface area (Å²) in [7, 11) is 0. The molecule has 1 amide bonds. The molecule has 6 heteroatoms. The van der Waals surface area contributed by atoms with Crippen LogP contribution < -0.4 is 5.32 Å². The summed E-state index contributed by atoms with van der Waals surface area (Å²) in [5, 5.41) is 11.3. The minimum absolute atomic E-state index is 0.000326. The van der Waals surface area contributed by atoms with Crippen LogP contribution >= 0.6 is 11.6 Å². The highest BCUT2D eigenvalue weighted by Gasteiger charge is 2.21. The first-order valence-electron chi connectivity index (χ1n) is 6.28. The first-order chi connectivity index (χ1) is 9.32. The number of nitrogens with one attached hydrogen (secondary N) is 1. The molecule has 0 radical (unpaired) electrons. The van der Waals surface area contributed by atoms with Gasteiger partial charge in [0.25, 0.3) is 5.91 Å². The Bertz CT molecular complexity index is 505. The number of hydrogen-bond acceptors (Lipinski definition) is 2. The van der Waals surface area contributed by atoms with E-state index in [1.165, 1.54) is 12.1 Å². The molecule has 0 saturated carbocycles. The molecule has 2 N–H and O–H groups in total. The zero-order chi connectivity index (χ0) is 15.3. The van der Waals surface area contributed by atoms with Crippen LogP contribution in [0.15, 0.2) is 18.2 Å². The summed E-state index contributed by atoms with van der Waals surface area (Å²) in [5.74, 6) is -2.71. The number of carbonyl (C=O) groups excluding carboxylic acids is 1. The number of amides is 1. The molecule has 20 heavy (non-hydrogen) atoms. The van der Waals surface area contributed by atoms with Gasteiger partial charge in [0.2, 0.25) is 0 Å². The average Bonchev–Trinajstić information content (AvgIpc) is 2.36. The summed E-state index contributed by atoms with van der Waals surface area (Å²) in [6, 6.07) is 3.91. The molecule has 0 aliphatic carbocycles. The quantitative estimate of drug-likeness (QED) is 0.849. The Morgan fingerprint density at radius 2 is 2.05 bits per heavy atom. The molecule has 0 saturated heterocycles. The smallest absolute Gasteiger partial charge is 0.308 e. The van der Waals surface area contributed by atoms with Crippen molar-refractivity contribution in [2.45, 2.75) is 20.3 Å². The van der Waals surface area contributed by atoms with E-state index in [4.69, 9.17) is 16.7 Å². The van der Waals surface area contributed by atoms with E-state index < -0.39 is 23.6 Å². The number of hydrogen-bond donors (Lipinski definition) is 2. The first-order valence-corrected chi connectivity index (χ1v) is 6.65. The number of halogens is 2. The molecule has 0 heterocycles. The van der Waals surface area contributed by atoms with Gasteiger partial charge in [-0.1, -0.05) is 31.5 Å². The number of carbonyl (C=O) groups is 2. The van der Waals surface area contributed by atoms with Gasteiger partial charge in [0.1, 0.15) is 5.82 Å². The number of carboxylic acids is 1. The van der Waals surface area contributed by atoms with Crippen molar-refractivity contribution in [3.63, 3.8) is 0 Å². The van der Waals surface area contributed by atoms with E-state index in [1.54, 1.807) is 0 Å². The predicted molar refractivity (Wildman–Crippen MR) is 74.3 cm³/mol. The lowest BCUT2D eigenvalue weighted by Crippen LogP contribution is -2.33. The van der Waals surface area contributed by atoms with E-state index >= 15 is 0 Å². The predicted octanol–water partition coefficient (Wildman–Crippen LogP) is 2.96. The monoisotopic (exact) mass is 301 g/mol. The lowest BCUT2D eigenvalue weighted by Gasteiger charge is -2.15. The summed E-state index contributed by atoms with van der Waals surface area (Å²) in [4.78, 5) is 22.9. The third-order valence-corrected chi connectivity index (χ3v) is 3.19. The minimum atomic E-state index is -0.968. The fourth-order valence-corrected chi connectivity index (χ4v) is 2.04. The second-order valence-corrected chi connectivity index (χ2v) is 5.35. The second-order valence-electron chi connectivity index (χ2n) is 4.98. The van der Waals surface area contributed by atoms with Crippen molar-refractivity contribution in [3.05, 3.63) is 34.6 Å². The molecule has 0 fully saturated rings. The van der Waals surface area contributed by atoms with Crippen LogP contribution in [0.2, 0.25) is 5.02 Å². The van der Waals surface area contributed by atoms with Gasteiger partial charge in [-0.3, -0.25) is 9.59 Å². The molecule has 0 aliphatic heterocycles. The van der Waals surface area contributed by atoms with Crippen molar-refractivity contribution in [1.29, 1.82) is 0 Å². The minimum Gasteiger partial charge on any atom is -0.481 e. The normalized spacial score (nSPS) is 12.2. The van der Waals surface area contributed by atoms with Gasteiger partial charge in [0, 0.05) is 6.54 Å². The molecule has 0 bridgehead atoms. The van der Waals surface area contributed by atoms with Gasteiger partial charge < -0.3 is 10.4 Å². The molecule has 4 nitrogen and oxygen atoms in total. The summed E-state index contributed by atoms with van der Waals surface area (Å²) in [6.45, 7) is 3.79. The topological polar surface area (TPSA) is 66.4 Å². The Morgan fingerprint density at radius 3 is 2.60 bits per heavy atom. The van der Waals surface area contributed by atoms with Crippen LogP contribution in [0, 0.1) is 17.7 Å². The van der Waals surface area contributed by atoms with Gasteiger partial charge in [-0.2, -0.15) is 0 Å². The Labute approximate surface area is 121 Å². The fraction of sp³-hybridized carbons (Fsp3) is 0.429. The molecular weight excluding hydrogens is 285 g/mol. The fourth-order valence-electron chi connectivity index (χ4n) is 1.83. The van der Waals surface area contributed by atoms with Crippen LogP contribution in [-0.4, -0.2) is 23.5 Å². The van der Waals surface area contributed by atoms with Crippen molar-refractivity contribution in [2.24, 2.45) is 11.8 Å². The van der Waals surface area contributed by atoms with Crippen LogP contribution in [0.3, 0.4) is 0 Å². The van der Waals surface area contributed by atoms with Gasteiger partial charge in [0.15, 0.2) is 0 Å². The Balaban J connectivity index is 2.70. The molecule has 1 rings (SSSR count). The maximum Gasteiger partial charge on any atom is 0.308 e. The van der Waals surface area contributed by atoms with Gasteiger partial charge in [-0.05, 0) is 24.5 Å². The van der Waals surface area contributed by atoms with Crippen LogP contribution in [0.25, 0.3) is 0 Å². The third-order valence-electron chi connectivity index (χ3n) is 2.81. The molecule has 1 aromatic rings. The van der Waals surface area contributed by atoms with E-state index in [1.807, 2.05) is 13.8 Å². The van der Waals surface area contributed by atoms with E-state index in [2.05, 4.69) is 5.32 Å². The highest BCUT2D eigenvalue weighted by Crippen LogP contribution is 2.19. The second kappa shape index (κ2) is 7.24. The molecule has 1 atom stereocenters. The van der Waals surface area contributed by atoms with Crippen molar-refractivity contribution in [2.75, 3.05) is 6.54 Å². The molecule has 0 aromatic heterocycles. The first kappa shape index (κ1) is 16.4. The standard InChI is InChI=1S/C14H17ClFNO3/c1-8(2)6-9(14(19)20)7-17-13(18)10-4-3-5-11(16)12(10)15/h3-5,8-9H,6-7H2,1-2H3,(H,17,18)(H,19,20)/t9-/m1/s1. The lowest BCUT2D eigenvalue weighted by molar-refractivity contribution is -0.142. The summed E-state index contributed by atoms with van der Waals surface area (Å²) in [6.07, 6.45) is 0.451. The van der Waals surface area contributed by atoms with Crippen molar-refractivity contribution < 1.29 is 19.1 Å². The largest absolute Gasteiger partial charge is 0.481 e. The molecular formula is C14H17ClFNO3. The highest BCUT2D eigenvalue weighted by atomic mass is 35.5. The Kier molecular flexibility index (Phi) is 5.95. The van der Waals surface area contributed by atoms with Crippen LogP contribution in [-0.2, 0) is 4.79 Å². The number of benzene rings is 1. The summed E-state index contributed by atoms with van der Waals surface area (Å²) < 4.78 is 13.2. The van der Waals surface area contributed by atoms with Crippen molar-refractivity contribution in [1.82, 2.24) is 5.32 Å². The van der Waals surface area contributed by atoms with Gasteiger partial charge >= 0.3 is 5.97 Å². The zero-order valence-electron chi connectivity index (χ0n) is 11.3. The molecule has 0 unspecified atom stereocenters. The van der Waals surface area contributed by atoms with Crippen LogP contribution in [0.5, 0.6) is 0 Å². The highest BCUT2D eigenvalue weighted by molar-refractivity contribution is 6.34. The zero-order valence-corrected chi connectivity index (χ0v) is 12.1. The molecule has 0 aliphatic rings. The average molecular weight is 302 g/mol. The summed E-state index contributed by atoms with van der Waals surface area (Å²) in [5.41, 5.74) is 0.000326. The SMILES string of the molecule is CC(C)C[C@H](CNC(=O)c1cccc(F)c1Cl)C(=O)O. The number of rotatable bonds is 6. The lowest BCUT2D eigenvalue weighted by atomic mass is 9.97. The maximum absolute atomic E-state index is 13.2. The van der Waals surface area contributed by atoms with Gasteiger partial charge in [-0.25, -0.2) is 4.39 Å². The maximum atomic E-state index is 13.2. The van der Waals surface area contributed by atoms with E-state index in [-0.39, 0.29) is 23.0 Å². The van der Waals surface area contributed by atoms with Crippen molar-refractivity contribution >= 4 is 23.5 Å². The van der Waals surface area contributed by atoms with Crippen molar-refractivity contribution in [3.8, 4) is 0 Å². The van der Waals surface area contributed by atoms with Crippen LogP contribution in [0.1, 0.15) is 30.6 Å². The third kappa shape index (κ3) is 4.49. The number of carboxylic acid groups (broad SMARTS) is 1. The van der Waals surface area contributed by atoms with E-state index in [9.17, 15) is 14.0 Å². The van der Waals surface area contributed by atoms with Gasteiger partial charge in [-0.15, -0.1) is 0 Å². The number of aliphatic carboxylic acids is 1. The molecule has 110 valence electrons. The van der Waals surface area contributed by atoms with E-state index in [0.717, 1.165) is 6.07 Å². The Morgan fingerprint density at radius 1 is 1.40 bits per heavy atom. The molecule has 0 spiro atoms. The molecule has 1 aromatic carbocycles. The Hall–Kier alpha value is -1.62. The summed E-state index contributed by atoms with van der Waals surface area (Å²) >= 11 is 5.70. The van der Waals surface area contributed by atoms with Gasteiger partial charge in [0.05, 0.1) is 16.5 Å².